The van der Waals surface area contributed by atoms with E-state index in [0.717, 1.165) is 24.5 Å². The second-order valence-electron chi connectivity index (χ2n) is 5.22. The van der Waals surface area contributed by atoms with Crippen molar-refractivity contribution >= 4 is 5.82 Å². The Labute approximate surface area is 111 Å². The van der Waals surface area contributed by atoms with Crippen molar-refractivity contribution in [2.45, 2.75) is 31.0 Å². The van der Waals surface area contributed by atoms with E-state index in [9.17, 15) is 4.79 Å². The Morgan fingerprint density at radius 2 is 1.89 bits per heavy atom. The van der Waals surface area contributed by atoms with Crippen LogP contribution < -0.4 is 10.5 Å². The average Bonchev–Trinajstić information content (AvgIpc) is 3.17. The van der Waals surface area contributed by atoms with Crippen molar-refractivity contribution in [1.82, 2.24) is 9.97 Å². The molecule has 1 aliphatic heterocycles. The Morgan fingerprint density at radius 3 is 2.42 bits per heavy atom. The number of H-pyrrole nitrogens is 1. The van der Waals surface area contributed by atoms with E-state index in [2.05, 4.69) is 14.9 Å². The summed E-state index contributed by atoms with van der Waals surface area (Å²) in [6.07, 6.45) is 2.28. The number of methoxy groups -OCH3 is 2. The molecule has 2 heterocycles. The Bertz CT molecular complexity index is 500. The van der Waals surface area contributed by atoms with E-state index in [1.165, 1.54) is 0 Å². The van der Waals surface area contributed by atoms with Crippen molar-refractivity contribution in [2.24, 2.45) is 0 Å². The van der Waals surface area contributed by atoms with E-state index in [4.69, 9.17) is 9.47 Å². The van der Waals surface area contributed by atoms with E-state index in [0.29, 0.717) is 19.0 Å². The maximum Gasteiger partial charge on any atom is 0.252 e. The third-order valence-corrected chi connectivity index (χ3v) is 3.86. The summed E-state index contributed by atoms with van der Waals surface area (Å²) in [5, 5.41) is 0. The molecule has 1 N–H and O–H groups in total. The normalized spacial score (nSPS) is 26.9. The minimum atomic E-state index is -0.0817. The van der Waals surface area contributed by atoms with Crippen molar-refractivity contribution in [2.75, 3.05) is 32.2 Å². The number of ether oxygens (including phenoxy) is 2. The van der Waals surface area contributed by atoms with Crippen LogP contribution in [0.25, 0.3) is 0 Å². The Balaban J connectivity index is 1.84. The van der Waals surface area contributed by atoms with E-state index < -0.39 is 0 Å². The second-order valence-corrected chi connectivity index (χ2v) is 5.22. The minimum absolute atomic E-state index is 0.0236. The van der Waals surface area contributed by atoms with Crippen molar-refractivity contribution in [3.63, 3.8) is 0 Å². The summed E-state index contributed by atoms with van der Waals surface area (Å²) in [7, 11) is 3.36. The fourth-order valence-electron chi connectivity index (χ4n) is 2.56. The summed E-state index contributed by atoms with van der Waals surface area (Å²) in [6, 6.07) is 1.55. The molecule has 2 unspecified atom stereocenters. The highest BCUT2D eigenvalue weighted by Gasteiger charge is 2.34. The van der Waals surface area contributed by atoms with Gasteiger partial charge in [-0.1, -0.05) is 0 Å². The number of nitrogens with one attached hydrogen (secondary N) is 1. The molecule has 104 valence electrons. The van der Waals surface area contributed by atoms with Crippen LogP contribution in [0.2, 0.25) is 0 Å². The lowest BCUT2D eigenvalue weighted by atomic mass is 10.3. The number of hydrogen-bond acceptors (Lipinski definition) is 5. The zero-order chi connectivity index (χ0) is 13.4. The van der Waals surface area contributed by atoms with E-state index in [-0.39, 0.29) is 17.8 Å². The first-order chi connectivity index (χ1) is 9.21. The average molecular weight is 265 g/mol. The van der Waals surface area contributed by atoms with Gasteiger partial charge in [0.1, 0.15) is 23.9 Å². The molecule has 6 nitrogen and oxygen atoms in total. The molecule has 19 heavy (non-hydrogen) atoms. The molecule has 0 amide bonds. The van der Waals surface area contributed by atoms with Gasteiger partial charge in [-0.3, -0.25) is 4.79 Å². The highest BCUT2D eigenvalue weighted by molar-refractivity contribution is 5.40. The highest BCUT2D eigenvalue weighted by Crippen LogP contribution is 2.38. The molecule has 1 aliphatic carbocycles. The standard InChI is InChI=1S/C13H19N3O3/c1-18-9-6-16(7-10(9)19-2)11-5-12(17)15-13(14-11)8-3-4-8/h5,8-10H,3-4,6-7H2,1-2H3,(H,14,15,17). The van der Waals surface area contributed by atoms with Gasteiger partial charge < -0.3 is 19.4 Å². The summed E-state index contributed by atoms with van der Waals surface area (Å²) >= 11 is 0. The first-order valence-electron chi connectivity index (χ1n) is 6.63. The quantitative estimate of drug-likeness (QED) is 0.858. The lowest BCUT2D eigenvalue weighted by molar-refractivity contribution is -0.00461. The van der Waals surface area contributed by atoms with Crippen molar-refractivity contribution in [3.05, 3.63) is 22.2 Å². The zero-order valence-electron chi connectivity index (χ0n) is 11.3. The maximum atomic E-state index is 11.7. The van der Waals surface area contributed by atoms with E-state index in [1.54, 1.807) is 20.3 Å². The topological polar surface area (TPSA) is 67.5 Å². The van der Waals surface area contributed by atoms with Crippen molar-refractivity contribution in [3.8, 4) is 0 Å². The molecule has 3 rings (SSSR count). The van der Waals surface area contributed by atoms with Gasteiger partial charge in [-0.05, 0) is 12.8 Å². The van der Waals surface area contributed by atoms with Gasteiger partial charge in [-0.15, -0.1) is 0 Å². The summed E-state index contributed by atoms with van der Waals surface area (Å²) in [6.45, 7) is 1.41. The van der Waals surface area contributed by atoms with Crippen LogP contribution in [0.5, 0.6) is 0 Å². The van der Waals surface area contributed by atoms with Crippen molar-refractivity contribution < 1.29 is 9.47 Å². The van der Waals surface area contributed by atoms with E-state index >= 15 is 0 Å². The molecule has 0 bridgehead atoms. The first kappa shape index (κ1) is 12.6. The highest BCUT2D eigenvalue weighted by atomic mass is 16.5. The lowest BCUT2D eigenvalue weighted by Crippen LogP contribution is -2.27. The molecule has 2 atom stereocenters. The number of aromatic nitrogens is 2. The van der Waals surface area contributed by atoms with Crippen LogP contribution >= 0.6 is 0 Å². The SMILES string of the molecule is COC1CN(c2cc(=O)[nH]c(C3CC3)n2)CC1OC. The smallest absolute Gasteiger partial charge is 0.252 e. The number of nitrogens with zero attached hydrogens (tertiary/aromatic N) is 2. The molecule has 2 fully saturated rings. The Morgan fingerprint density at radius 1 is 1.26 bits per heavy atom. The summed E-state index contributed by atoms with van der Waals surface area (Å²) in [5.41, 5.74) is -0.0817. The molecule has 1 saturated heterocycles. The predicted molar refractivity (Wildman–Crippen MR) is 70.6 cm³/mol. The molecule has 1 aromatic heterocycles. The summed E-state index contributed by atoms with van der Waals surface area (Å²) in [4.78, 5) is 21.2. The molecule has 6 heteroatoms. The largest absolute Gasteiger partial charge is 0.377 e. The van der Waals surface area contributed by atoms with Crippen LogP contribution in [0.3, 0.4) is 0 Å². The van der Waals surface area contributed by atoms with Gasteiger partial charge in [0.15, 0.2) is 0 Å². The maximum absolute atomic E-state index is 11.7. The summed E-state index contributed by atoms with van der Waals surface area (Å²) in [5.74, 6) is 1.98. The van der Waals surface area contributed by atoms with Gasteiger partial charge in [0.2, 0.25) is 0 Å². The van der Waals surface area contributed by atoms with E-state index in [1.807, 2.05) is 0 Å². The molecular formula is C13H19N3O3. The number of rotatable bonds is 4. The molecule has 1 aromatic rings. The fourth-order valence-corrected chi connectivity index (χ4v) is 2.56. The number of anilines is 1. The zero-order valence-corrected chi connectivity index (χ0v) is 11.3. The van der Waals surface area contributed by atoms with Gasteiger partial charge in [0, 0.05) is 39.3 Å². The minimum Gasteiger partial charge on any atom is -0.377 e. The molecule has 0 radical (unpaired) electrons. The number of hydrogen-bond donors (Lipinski definition) is 1. The van der Waals surface area contributed by atoms with Gasteiger partial charge in [-0.2, -0.15) is 0 Å². The fraction of sp³-hybridized carbons (Fsp3) is 0.692. The molecular weight excluding hydrogens is 246 g/mol. The van der Waals surface area contributed by atoms with Crippen LogP contribution in [0.15, 0.2) is 10.9 Å². The van der Waals surface area contributed by atoms with Crippen LogP contribution in [0.1, 0.15) is 24.6 Å². The Kier molecular flexibility index (Phi) is 3.28. The summed E-state index contributed by atoms with van der Waals surface area (Å²) < 4.78 is 10.8. The van der Waals surface area contributed by atoms with Crippen LogP contribution in [0.4, 0.5) is 5.82 Å². The molecule has 2 aliphatic rings. The van der Waals surface area contributed by atoms with Gasteiger partial charge >= 0.3 is 0 Å². The van der Waals surface area contributed by atoms with Crippen LogP contribution in [0, 0.1) is 0 Å². The third kappa shape index (κ3) is 2.50. The molecule has 0 spiro atoms. The Hall–Kier alpha value is -1.40. The molecule has 1 saturated carbocycles. The van der Waals surface area contributed by atoms with Gasteiger partial charge in [-0.25, -0.2) is 4.98 Å². The lowest BCUT2D eigenvalue weighted by Gasteiger charge is -2.17. The van der Waals surface area contributed by atoms with Gasteiger partial charge in [0.05, 0.1) is 0 Å². The monoisotopic (exact) mass is 265 g/mol. The number of aromatic amines is 1. The first-order valence-corrected chi connectivity index (χ1v) is 6.63. The third-order valence-electron chi connectivity index (χ3n) is 3.86. The van der Waals surface area contributed by atoms with Crippen molar-refractivity contribution in [1.29, 1.82) is 0 Å². The van der Waals surface area contributed by atoms with Crippen LogP contribution in [-0.2, 0) is 9.47 Å². The van der Waals surface area contributed by atoms with Crippen LogP contribution in [-0.4, -0.2) is 49.5 Å². The molecule has 0 aromatic carbocycles. The van der Waals surface area contributed by atoms with Gasteiger partial charge in [0.25, 0.3) is 5.56 Å². The second kappa shape index (κ2) is 4.94. The predicted octanol–water partition coefficient (Wildman–Crippen LogP) is 0.497.